The number of hydrogen-bond acceptors (Lipinski definition) is 4. The topological polar surface area (TPSA) is 50.9 Å². The molecule has 0 bridgehead atoms. The van der Waals surface area contributed by atoms with E-state index in [4.69, 9.17) is 5.10 Å². The minimum absolute atomic E-state index is 0.722. The Morgan fingerprint density at radius 3 is 3.17 bits per heavy atom. The molecule has 0 spiro atoms. The van der Waals surface area contributed by atoms with Crippen LogP contribution in [-0.2, 0) is 26.2 Å². The smallest absolute Gasteiger partial charge is 0.0946 e. The van der Waals surface area contributed by atoms with Crippen molar-refractivity contribution in [1.82, 2.24) is 29.5 Å². The number of piperidine rings is 1. The zero-order valence-corrected chi connectivity index (χ0v) is 13.7. The van der Waals surface area contributed by atoms with Gasteiger partial charge in [-0.2, -0.15) is 5.10 Å². The Morgan fingerprint density at radius 2 is 2.26 bits per heavy atom. The maximum atomic E-state index is 4.83. The Labute approximate surface area is 137 Å². The van der Waals surface area contributed by atoms with Crippen molar-refractivity contribution < 1.29 is 0 Å². The zero-order chi connectivity index (χ0) is 15.5. The van der Waals surface area contributed by atoms with Crippen LogP contribution >= 0.6 is 0 Å². The van der Waals surface area contributed by atoms with Crippen molar-refractivity contribution in [2.75, 3.05) is 19.6 Å². The molecule has 0 radical (unpaired) electrons. The van der Waals surface area contributed by atoms with Crippen LogP contribution in [0.25, 0.3) is 0 Å². The van der Waals surface area contributed by atoms with E-state index in [9.17, 15) is 0 Å². The van der Waals surface area contributed by atoms with Crippen molar-refractivity contribution in [3.8, 4) is 0 Å². The van der Waals surface area contributed by atoms with Crippen LogP contribution in [0.2, 0.25) is 0 Å². The van der Waals surface area contributed by atoms with E-state index in [1.165, 1.54) is 43.7 Å². The van der Waals surface area contributed by atoms with Gasteiger partial charge in [-0.1, -0.05) is 0 Å². The van der Waals surface area contributed by atoms with Crippen molar-refractivity contribution in [3.63, 3.8) is 0 Å². The fourth-order valence-electron chi connectivity index (χ4n) is 3.86. The Morgan fingerprint density at radius 1 is 1.26 bits per heavy atom. The number of fused-ring (bicyclic) bond motifs is 1. The molecule has 4 heterocycles. The van der Waals surface area contributed by atoms with Gasteiger partial charge in [0.05, 0.1) is 17.7 Å². The monoisotopic (exact) mass is 314 g/mol. The molecular weight excluding hydrogens is 288 g/mol. The van der Waals surface area contributed by atoms with Crippen LogP contribution in [0.4, 0.5) is 0 Å². The molecular formula is C17H26N6. The number of likely N-dealkylation sites (tertiary alicyclic amines) is 1. The quantitative estimate of drug-likeness (QED) is 0.929. The van der Waals surface area contributed by atoms with Gasteiger partial charge in [0.15, 0.2) is 0 Å². The van der Waals surface area contributed by atoms with Crippen molar-refractivity contribution in [2.24, 2.45) is 5.92 Å². The molecule has 2 aromatic heterocycles. The molecule has 1 saturated heterocycles. The molecule has 4 rings (SSSR count). The minimum Gasteiger partial charge on any atom is -0.337 e. The Bertz CT molecular complexity index is 594. The molecule has 1 fully saturated rings. The maximum Gasteiger partial charge on any atom is 0.0946 e. The molecule has 124 valence electrons. The molecule has 0 saturated carbocycles. The fourth-order valence-corrected chi connectivity index (χ4v) is 3.86. The SMILES string of the molecule is c1cn(C[C@H]2CCCN(Cc3cc4n(n3)CCCNC4)C2)cn1. The maximum absolute atomic E-state index is 4.83. The normalized spacial score (nSPS) is 22.7. The van der Waals surface area contributed by atoms with Crippen LogP contribution in [0.15, 0.2) is 24.8 Å². The van der Waals surface area contributed by atoms with Gasteiger partial charge in [0.2, 0.25) is 0 Å². The number of nitrogens with one attached hydrogen (secondary N) is 1. The number of nitrogens with zero attached hydrogens (tertiary/aromatic N) is 5. The van der Waals surface area contributed by atoms with Gasteiger partial charge in [0.25, 0.3) is 0 Å². The summed E-state index contributed by atoms with van der Waals surface area (Å²) in [4.78, 5) is 6.72. The summed E-state index contributed by atoms with van der Waals surface area (Å²) < 4.78 is 4.40. The molecule has 2 aromatic rings. The second kappa shape index (κ2) is 6.84. The first-order valence-corrected chi connectivity index (χ1v) is 8.81. The van der Waals surface area contributed by atoms with Crippen LogP contribution in [0.3, 0.4) is 0 Å². The number of rotatable bonds is 4. The van der Waals surface area contributed by atoms with E-state index < -0.39 is 0 Å². The predicted molar refractivity (Wildman–Crippen MR) is 88.8 cm³/mol. The number of imidazole rings is 1. The van der Waals surface area contributed by atoms with E-state index in [-0.39, 0.29) is 0 Å². The van der Waals surface area contributed by atoms with E-state index in [0.29, 0.717) is 0 Å². The first-order chi connectivity index (χ1) is 11.4. The van der Waals surface area contributed by atoms with Crippen LogP contribution in [-0.4, -0.2) is 43.9 Å². The third-order valence-corrected chi connectivity index (χ3v) is 4.96. The van der Waals surface area contributed by atoms with Crippen LogP contribution in [0, 0.1) is 5.92 Å². The summed E-state index contributed by atoms with van der Waals surface area (Å²) in [5.41, 5.74) is 2.57. The molecule has 6 nitrogen and oxygen atoms in total. The van der Waals surface area contributed by atoms with Crippen molar-refractivity contribution >= 4 is 0 Å². The van der Waals surface area contributed by atoms with Crippen molar-refractivity contribution in [1.29, 1.82) is 0 Å². The van der Waals surface area contributed by atoms with Gasteiger partial charge in [0.1, 0.15) is 0 Å². The largest absolute Gasteiger partial charge is 0.337 e. The molecule has 0 aliphatic carbocycles. The average molecular weight is 314 g/mol. The van der Waals surface area contributed by atoms with Gasteiger partial charge >= 0.3 is 0 Å². The van der Waals surface area contributed by atoms with Gasteiger partial charge < -0.3 is 9.88 Å². The highest BCUT2D eigenvalue weighted by Crippen LogP contribution is 2.20. The Hall–Kier alpha value is -1.66. The van der Waals surface area contributed by atoms with E-state index in [2.05, 4.69) is 36.7 Å². The van der Waals surface area contributed by atoms with E-state index in [1.807, 2.05) is 12.5 Å². The van der Waals surface area contributed by atoms with Crippen LogP contribution < -0.4 is 5.32 Å². The van der Waals surface area contributed by atoms with Gasteiger partial charge in [-0.15, -0.1) is 0 Å². The molecule has 0 unspecified atom stereocenters. The summed E-state index contributed by atoms with van der Waals surface area (Å²) in [5.74, 6) is 0.722. The van der Waals surface area contributed by atoms with Crippen LogP contribution in [0.5, 0.6) is 0 Å². The molecule has 0 aromatic carbocycles. The molecule has 1 atom stereocenters. The van der Waals surface area contributed by atoms with E-state index in [0.717, 1.165) is 38.6 Å². The highest BCUT2D eigenvalue weighted by atomic mass is 15.3. The third-order valence-electron chi connectivity index (χ3n) is 4.96. The molecule has 23 heavy (non-hydrogen) atoms. The fraction of sp³-hybridized carbons (Fsp3) is 0.647. The number of aromatic nitrogens is 4. The zero-order valence-electron chi connectivity index (χ0n) is 13.7. The highest BCUT2D eigenvalue weighted by Gasteiger charge is 2.21. The summed E-state index contributed by atoms with van der Waals surface area (Å²) in [6.07, 6.45) is 9.64. The first-order valence-electron chi connectivity index (χ1n) is 8.81. The summed E-state index contributed by atoms with van der Waals surface area (Å²) in [5, 5.41) is 8.29. The van der Waals surface area contributed by atoms with Gasteiger partial charge in [-0.05, 0) is 44.3 Å². The summed E-state index contributed by atoms with van der Waals surface area (Å²) in [6.45, 7) is 7.53. The average Bonchev–Trinajstić information content (AvgIpc) is 3.13. The number of hydrogen-bond donors (Lipinski definition) is 1. The molecule has 2 aliphatic heterocycles. The summed E-state index contributed by atoms with van der Waals surface area (Å²) >= 11 is 0. The van der Waals surface area contributed by atoms with Crippen molar-refractivity contribution in [3.05, 3.63) is 36.2 Å². The van der Waals surface area contributed by atoms with Gasteiger partial charge in [-0.3, -0.25) is 9.58 Å². The summed E-state index contributed by atoms with van der Waals surface area (Å²) in [7, 11) is 0. The van der Waals surface area contributed by atoms with Crippen molar-refractivity contribution in [2.45, 2.75) is 45.4 Å². The molecule has 6 heteroatoms. The second-order valence-corrected chi connectivity index (χ2v) is 6.88. The van der Waals surface area contributed by atoms with E-state index >= 15 is 0 Å². The third kappa shape index (κ3) is 3.64. The number of aryl methyl sites for hydroxylation is 1. The summed E-state index contributed by atoms with van der Waals surface area (Å²) in [6, 6.07) is 2.29. The van der Waals surface area contributed by atoms with Gasteiger partial charge in [0, 0.05) is 45.1 Å². The Kier molecular flexibility index (Phi) is 4.43. The second-order valence-electron chi connectivity index (χ2n) is 6.88. The van der Waals surface area contributed by atoms with Crippen LogP contribution in [0.1, 0.15) is 30.7 Å². The lowest BCUT2D eigenvalue weighted by molar-refractivity contribution is 0.154. The first kappa shape index (κ1) is 14.9. The van der Waals surface area contributed by atoms with Gasteiger partial charge in [-0.25, -0.2) is 4.98 Å². The predicted octanol–water partition coefficient (Wildman–Crippen LogP) is 1.49. The lowest BCUT2D eigenvalue weighted by Gasteiger charge is -2.32. The lowest BCUT2D eigenvalue weighted by Crippen LogP contribution is -2.36. The molecule has 2 aliphatic rings. The molecule has 0 amide bonds. The standard InChI is InChI=1S/C17H26N6/c1-3-15(12-22-8-5-19-14-22)11-21(6-1)13-16-9-17-10-18-4-2-7-23(17)20-16/h5,8-9,14-15,18H,1-4,6-7,10-13H2/t15-/m0/s1. The lowest BCUT2D eigenvalue weighted by atomic mass is 9.98. The highest BCUT2D eigenvalue weighted by molar-refractivity contribution is 5.11. The van der Waals surface area contributed by atoms with E-state index in [1.54, 1.807) is 0 Å². The Balaban J connectivity index is 1.36. The minimum atomic E-state index is 0.722. The molecule has 1 N–H and O–H groups in total.